The fourth-order valence-corrected chi connectivity index (χ4v) is 7.09. The van der Waals surface area contributed by atoms with Gasteiger partial charge < -0.3 is 19.5 Å². The molecule has 254 valence electrons. The second kappa shape index (κ2) is 13.3. The maximum atomic E-state index is 5.01. The summed E-state index contributed by atoms with van der Waals surface area (Å²) in [6, 6.07) is 41.8. The molecule has 51 heavy (non-hydrogen) atoms. The van der Waals surface area contributed by atoms with Gasteiger partial charge in [0, 0.05) is 21.6 Å². The van der Waals surface area contributed by atoms with Crippen LogP contribution in [0, 0.1) is 0 Å². The zero-order chi connectivity index (χ0) is 34.1. The first kappa shape index (κ1) is 30.9. The Bertz CT molecular complexity index is 2440. The quantitative estimate of drug-likeness (QED) is 0.122. The Kier molecular flexibility index (Phi) is 8.07. The van der Waals surface area contributed by atoms with Crippen molar-refractivity contribution >= 4 is 44.1 Å². The van der Waals surface area contributed by atoms with Crippen LogP contribution >= 0.6 is 0 Å². The van der Waals surface area contributed by atoms with E-state index >= 15 is 0 Å². The first-order valence-electron chi connectivity index (χ1n) is 17.3. The highest BCUT2D eigenvalue weighted by molar-refractivity contribution is 5.77. The molecule has 0 atom stereocenters. The molecular formula is C41H40N10. The van der Waals surface area contributed by atoms with Crippen molar-refractivity contribution in [1.29, 1.82) is 0 Å². The maximum Gasteiger partial charge on any atom is 0.123 e. The van der Waals surface area contributed by atoms with Crippen molar-refractivity contribution < 1.29 is 1.43 Å². The van der Waals surface area contributed by atoms with E-state index in [1.165, 1.54) is 11.1 Å². The molecular weight excluding hydrogens is 633 g/mol. The summed E-state index contributed by atoms with van der Waals surface area (Å²) in [5, 5.41) is 0. The molecule has 0 spiro atoms. The number of nitrogens with zero attached hydrogens (tertiary/aromatic N) is 7. The van der Waals surface area contributed by atoms with Gasteiger partial charge in [0.1, 0.15) is 23.3 Å². The average Bonchev–Trinajstić information content (AvgIpc) is 3.92. The predicted octanol–water partition coefficient (Wildman–Crippen LogP) is 7.85. The monoisotopic (exact) mass is 672 g/mol. The van der Waals surface area contributed by atoms with E-state index in [-0.39, 0.29) is 1.43 Å². The zero-order valence-electron chi connectivity index (χ0n) is 28.4. The van der Waals surface area contributed by atoms with Crippen molar-refractivity contribution in [3.63, 3.8) is 0 Å². The fourth-order valence-electron chi connectivity index (χ4n) is 7.09. The summed E-state index contributed by atoms with van der Waals surface area (Å²) >= 11 is 0. The number of nitrogens with one attached hydrogen (secondary N) is 3. The maximum absolute atomic E-state index is 5.01. The number of para-hydroxylation sites is 8. The molecule has 5 aromatic carbocycles. The summed E-state index contributed by atoms with van der Waals surface area (Å²) in [5.74, 6) is 3.83. The van der Waals surface area contributed by atoms with Crippen molar-refractivity contribution in [3.05, 3.63) is 156 Å². The number of hydrogen-bond donors (Lipinski definition) is 3. The van der Waals surface area contributed by atoms with Gasteiger partial charge in [-0.3, -0.25) is 9.80 Å². The van der Waals surface area contributed by atoms with Crippen LogP contribution in [0.1, 0.15) is 35.9 Å². The Morgan fingerprint density at radius 1 is 0.471 bits per heavy atom. The first-order valence-corrected chi connectivity index (χ1v) is 17.3. The number of fused-ring (bicyclic) bond motifs is 4. The van der Waals surface area contributed by atoms with Crippen LogP contribution in [-0.2, 0) is 46.3 Å². The van der Waals surface area contributed by atoms with E-state index < -0.39 is 0 Å². The molecule has 10 nitrogen and oxygen atoms in total. The van der Waals surface area contributed by atoms with Gasteiger partial charge in [-0.25, -0.2) is 19.9 Å². The molecule has 3 N–H and O–H groups in total. The Morgan fingerprint density at radius 2 is 0.902 bits per heavy atom. The fraction of sp³-hybridized carbons (Fsp3) is 0.171. The van der Waals surface area contributed by atoms with Crippen LogP contribution < -0.4 is 0 Å². The summed E-state index contributed by atoms with van der Waals surface area (Å²) in [6.07, 6.45) is 0. The smallest absolute Gasteiger partial charge is 0.123 e. The van der Waals surface area contributed by atoms with E-state index in [9.17, 15) is 0 Å². The third kappa shape index (κ3) is 6.62. The van der Waals surface area contributed by atoms with Crippen molar-refractivity contribution in [3.8, 4) is 0 Å². The van der Waals surface area contributed by atoms with E-state index in [0.29, 0.717) is 26.2 Å². The molecule has 0 saturated carbocycles. The lowest BCUT2D eigenvalue weighted by Gasteiger charge is -2.23. The lowest BCUT2D eigenvalue weighted by atomic mass is 10.1. The van der Waals surface area contributed by atoms with Gasteiger partial charge in [-0.05, 0) is 59.7 Å². The Labute approximate surface area is 296 Å². The third-order valence-electron chi connectivity index (χ3n) is 9.48. The molecule has 9 rings (SSSR count). The zero-order valence-corrected chi connectivity index (χ0v) is 28.4. The first-order chi connectivity index (χ1) is 25.1. The molecule has 0 bridgehead atoms. The molecule has 0 radical (unpaired) electrons. The van der Waals surface area contributed by atoms with Crippen LogP contribution in [0.15, 0.2) is 121 Å². The molecule has 10 heteroatoms. The Balaban J connectivity index is 0.00000387. The van der Waals surface area contributed by atoms with E-state index in [0.717, 1.165) is 80.5 Å². The Morgan fingerprint density at radius 3 is 1.37 bits per heavy atom. The molecule has 4 heterocycles. The van der Waals surface area contributed by atoms with Crippen LogP contribution in [0.5, 0.6) is 0 Å². The minimum atomic E-state index is 0. The molecule has 0 amide bonds. The van der Waals surface area contributed by atoms with Gasteiger partial charge in [-0.1, -0.05) is 72.8 Å². The van der Waals surface area contributed by atoms with Crippen LogP contribution in [-0.4, -0.2) is 49.3 Å². The van der Waals surface area contributed by atoms with Gasteiger partial charge in [0.2, 0.25) is 0 Å². The highest BCUT2D eigenvalue weighted by Gasteiger charge is 2.18. The van der Waals surface area contributed by atoms with Gasteiger partial charge in [-0.2, -0.15) is 0 Å². The molecule has 0 aliphatic carbocycles. The lowest BCUT2D eigenvalue weighted by molar-refractivity contribution is 0.231. The molecule has 0 fully saturated rings. The summed E-state index contributed by atoms with van der Waals surface area (Å²) in [7, 11) is 2.10. The highest BCUT2D eigenvalue weighted by atomic mass is 15.2. The molecule has 0 aliphatic heterocycles. The number of benzene rings is 5. The minimum Gasteiger partial charge on any atom is -0.341 e. The van der Waals surface area contributed by atoms with Crippen molar-refractivity contribution in [2.24, 2.45) is 7.05 Å². The summed E-state index contributed by atoms with van der Waals surface area (Å²) in [4.78, 5) is 35.1. The summed E-state index contributed by atoms with van der Waals surface area (Å²) in [6.45, 7) is 4.11. The van der Waals surface area contributed by atoms with Gasteiger partial charge in [-0.15, -0.1) is 0 Å². The average molecular weight is 673 g/mol. The molecule has 0 saturated heterocycles. The number of aromatic nitrogens is 8. The summed E-state index contributed by atoms with van der Waals surface area (Å²) < 4.78 is 2.20. The largest absolute Gasteiger partial charge is 0.341 e. The van der Waals surface area contributed by atoms with E-state index in [2.05, 4.69) is 103 Å². The van der Waals surface area contributed by atoms with Crippen LogP contribution in [0.2, 0.25) is 0 Å². The predicted molar refractivity (Wildman–Crippen MR) is 203 cm³/mol. The number of imidazole rings is 4. The Hall–Kier alpha value is -6.10. The van der Waals surface area contributed by atoms with Crippen LogP contribution in [0.3, 0.4) is 0 Å². The van der Waals surface area contributed by atoms with Gasteiger partial charge in [0.05, 0.1) is 70.3 Å². The van der Waals surface area contributed by atoms with E-state index in [1.54, 1.807) is 0 Å². The van der Waals surface area contributed by atoms with Crippen LogP contribution in [0.25, 0.3) is 44.1 Å². The highest BCUT2D eigenvalue weighted by Crippen LogP contribution is 2.22. The molecule has 9 aromatic rings. The second-order valence-electron chi connectivity index (χ2n) is 13.3. The number of H-pyrrole nitrogens is 3. The van der Waals surface area contributed by atoms with Crippen molar-refractivity contribution in [2.75, 3.05) is 0 Å². The normalized spacial score (nSPS) is 12.1. The van der Waals surface area contributed by atoms with E-state index in [4.69, 9.17) is 19.9 Å². The molecule has 0 unspecified atom stereocenters. The van der Waals surface area contributed by atoms with Gasteiger partial charge in [0.25, 0.3) is 0 Å². The second-order valence-corrected chi connectivity index (χ2v) is 13.3. The van der Waals surface area contributed by atoms with Crippen LogP contribution in [0.4, 0.5) is 0 Å². The lowest BCUT2D eigenvalue weighted by Crippen LogP contribution is -2.25. The van der Waals surface area contributed by atoms with E-state index in [1.807, 2.05) is 54.6 Å². The molecule has 4 aromatic heterocycles. The number of aryl methyl sites for hydroxylation is 1. The number of hydrogen-bond acceptors (Lipinski definition) is 6. The third-order valence-corrected chi connectivity index (χ3v) is 9.48. The van der Waals surface area contributed by atoms with Crippen molar-refractivity contribution in [2.45, 2.75) is 39.3 Å². The van der Waals surface area contributed by atoms with Gasteiger partial charge >= 0.3 is 0 Å². The summed E-state index contributed by atoms with van der Waals surface area (Å²) in [5.41, 5.74) is 10.7. The SMILES string of the molecule is Cn1c(CN(Cc2cccc(CN(Cc3nc4ccccc4[nH]3)Cc3nc4ccccc4[nH]3)c2)Cc2nc3ccccc3[nH]2)nc2ccccc21.[HH]. The minimum absolute atomic E-state index is 0. The number of rotatable bonds is 12. The molecule has 0 aliphatic rings. The standard InChI is InChI=1S/C41H38N10.H2/c1-49-37-20-9-8-19-36(37)48-41(49)27-51(26-40-46-34-17-6-7-18-35(34)47-40)23-29-12-10-11-28(21-29)22-50(24-38-42-30-13-2-3-14-31(30)43-38)25-39-44-32-15-4-5-16-33(32)45-39;/h2-21H,22-27H2,1H3,(H,42,43)(H,44,45)(H,46,47);1H. The topological polar surface area (TPSA) is 110 Å². The number of aromatic amines is 3. The van der Waals surface area contributed by atoms with Gasteiger partial charge in [0.15, 0.2) is 0 Å². The van der Waals surface area contributed by atoms with Crippen molar-refractivity contribution in [1.82, 2.24) is 49.3 Å².